The van der Waals surface area contributed by atoms with E-state index in [-0.39, 0.29) is 5.41 Å². The summed E-state index contributed by atoms with van der Waals surface area (Å²) in [5, 5.41) is 0. The molecule has 0 fully saturated rings. The number of esters is 1. The first-order chi connectivity index (χ1) is 21.3. The maximum atomic E-state index is 11.7. The molecule has 0 saturated carbocycles. The van der Waals surface area contributed by atoms with Crippen LogP contribution in [0.15, 0.2) is 134 Å². The minimum absolute atomic E-state index is 0.195. The van der Waals surface area contributed by atoms with Gasteiger partial charge in [-0.3, -0.25) is 0 Å². The second-order valence-corrected chi connectivity index (χ2v) is 11.7. The highest BCUT2D eigenvalue weighted by molar-refractivity contribution is 5.83. The second kappa shape index (κ2) is 13.6. The molecule has 5 rings (SSSR count). The Morgan fingerprint density at radius 2 is 1.09 bits per heavy atom. The van der Waals surface area contributed by atoms with E-state index in [0.29, 0.717) is 5.75 Å². The molecule has 0 bridgehead atoms. The van der Waals surface area contributed by atoms with Crippen molar-refractivity contribution in [1.29, 1.82) is 0 Å². The van der Waals surface area contributed by atoms with Gasteiger partial charge in [-0.15, -0.1) is 0 Å². The van der Waals surface area contributed by atoms with E-state index in [4.69, 9.17) is 4.74 Å². The van der Waals surface area contributed by atoms with E-state index in [1.165, 1.54) is 39.5 Å². The summed E-state index contributed by atoms with van der Waals surface area (Å²) >= 11 is 0. The molecule has 0 aromatic heterocycles. The summed E-state index contributed by atoms with van der Waals surface area (Å²) in [5.74, 6) is 0.0685. The van der Waals surface area contributed by atoms with E-state index >= 15 is 0 Å². The quantitative estimate of drug-likeness (QED) is 0.0885. The van der Waals surface area contributed by atoms with Crippen molar-refractivity contribution in [3.8, 4) is 16.9 Å². The van der Waals surface area contributed by atoms with Crippen LogP contribution >= 0.6 is 0 Å². The van der Waals surface area contributed by atoms with Gasteiger partial charge in [-0.1, -0.05) is 117 Å². The fourth-order valence-electron chi connectivity index (χ4n) is 5.70. The fraction of sp³-hybridized carbons (Fsp3) is 0.195. The highest BCUT2D eigenvalue weighted by atomic mass is 16.5. The smallest absolute Gasteiger partial charge is 0.335 e. The van der Waals surface area contributed by atoms with E-state index in [1.807, 2.05) is 12.1 Å². The van der Waals surface area contributed by atoms with Crippen LogP contribution in [-0.2, 0) is 10.2 Å². The number of hydrogen-bond acceptors (Lipinski definition) is 3. The van der Waals surface area contributed by atoms with Gasteiger partial charge in [0, 0.05) is 28.6 Å². The van der Waals surface area contributed by atoms with Crippen LogP contribution in [0, 0.1) is 13.8 Å². The maximum absolute atomic E-state index is 11.7. The largest absolute Gasteiger partial charge is 0.423 e. The van der Waals surface area contributed by atoms with Gasteiger partial charge in [-0.25, -0.2) is 4.79 Å². The van der Waals surface area contributed by atoms with Crippen LogP contribution in [0.25, 0.3) is 11.1 Å². The number of carbonyl (C=O) groups is 1. The molecule has 44 heavy (non-hydrogen) atoms. The standard InChI is InChI=1S/C41H41NO2/c1-6-8-29-41(5,35-19-27-39(28-20-35)44-40(43)7-2)34-17-25-38(26-18-34)42(36-21-11-31(4)12-22-36)37-23-15-33(16-24-37)32-13-9-30(3)10-14-32/h7,9-28H,2,6,8,29H2,1,3-5H3. The molecule has 0 aliphatic heterocycles. The van der Waals surface area contributed by atoms with E-state index < -0.39 is 5.97 Å². The van der Waals surface area contributed by atoms with Crippen molar-refractivity contribution in [2.24, 2.45) is 0 Å². The molecule has 0 heterocycles. The summed E-state index contributed by atoms with van der Waals surface area (Å²) in [7, 11) is 0. The number of nitrogens with zero attached hydrogens (tertiary/aromatic N) is 1. The first kappa shape index (κ1) is 30.6. The van der Waals surface area contributed by atoms with Gasteiger partial charge in [-0.05, 0) is 91.1 Å². The summed E-state index contributed by atoms with van der Waals surface area (Å²) in [6, 6.07) is 43.0. The lowest BCUT2D eigenvalue weighted by atomic mass is 9.72. The molecule has 0 spiro atoms. The molecule has 5 aromatic rings. The number of rotatable bonds is 11. The zero-order valence-corrected chi connectivity index (χ0v) is 26.2. The Bertz CT molecular complexity index is 1680. The third-order valence-electron chi connectivity index (χ3n) is 8.47. The lowest BCUT2D eigenvalue weighted by Crippen LogP contribution is -2.24. The molecular weight excluding hydrogens is 538 g/mol. The van der Waals surface area contributed by atoms with Gasteiger partial charge in [0.1, 0.15) is 5.75 Å². The van der Waals surface area contributed by atoms with Crippen LogP contribution < -0.4 is 9.64 Å². The molecule has 3 nitrogen and oxygen atoms in total. The summed E-state index contributed by atoms with van der Waals surface area (Å²) in [6.07, 6.45) is 4.41. The maximum Gasteiger partial charge on any atom is 0.335 e. The Labute approximate surface area is 262 Å². The average Bonchev–Trinajstić information content (AvgIpc) is 3.06. The van der Waals surface area contributed by atoms with Crippen molar-refractivity contribution < 1.29 is 9.53 Å². The summed E-state index contributed by atoms with van der Waals surface area (Å²) in [4.78, 5) is 14.0. The molecule has 1 atom stereocenters. The third kappa shape index (κ3) is 6.84. The van der Waals surface area contributed by atoms with Crippen LogP contribution in [0.1, 0.15) is 55.4 Å². The van der Waals surface area contributed by atoms with Crippen LogP contribution in [0.2, 0.25) is 0 Å². The molecule has 0 radical (unpaired) electrons. The van der Waals surface area contributed by atoms with Crippen molar-refractivity contribution in [2.75, 3.05) is 4.90 Å². The Morgan fingerprint density at radius 1 is 0.682 bits per heavy atom. The van der Waals surface area contributed by atoms with Crippen molar-refractivity contribution in [3.63, 3.8) is 0 Å². The molecule has 0 amide bonds. The monoisotopic (exact) mass is 579 g/mol. The molecule has 0 saturated heterocycles. The zero-order chi connectivity index (χ0) is 31.1. The predicted molar refractivity (Wildman–Crippen MR) is 184 cm³/mol. The van der Waals surface area contributed by atoms with Gasteiger partial charge in [-0.2, -0.15) is 0 Å². The van der Waals surface area contributed by atoms with Crippen molar-refractivity contribution in [2.45, 2.75) is 52.4 Å². The Hall–Kier alpha value is -4.89. The highest BCUT2D eigenvalue weighted by Gasteiger charge is 2.29. The molecule has 3 heteroatoms. The number of anilines is 3. The van der Waals surface area contributed by atoms with Crippen molar-refractivity contribution in [3.05, 3.63) is 156 Å². The highest BCUT2D eigenvalue weighted by Crippen LogP contribution is 2.41. The van der Waals surface area contributed by atoms with Crippen molar-refractivity contribution >= 4 is 23.0 Å². The third-order valence-corrected chi connectivity index (χ3v) is 8.47. The normalized spacial score (nSPS) is 12.3. The van der Waals surface area contributed by atoms with Crippen LogP contribution in [0.4, 0.5) is 17.1 Å². The number of aryl methyl sites for hydroxylation is 2. The van der Waals surface area contributed by atoms with Gasteiger partial charge in [0.25, 0.3) is 0 Å². The minimum atomic E-state index is -0.454. The topological polar surface area (TPSA) is 29.5 Å². The van der Waals surface area contributed by atoms with Gasteiger partial charge < -0.3 is 9.64 Å². The van der Waals surface area contributed by atoms with Crippen molar-refractivity contribution in [1.82, 2.24) is 0 Å². The lowest BCUT2D eigenvalue weighted by Gasteiger charge is -2.32. The van der Waals surface area contributed by atoms with E-state index in [9.17, 15) is 4.79 Å². The summed E-state index contributed by atoms with van der Waals surface area (Å²) in [5.41, 5.74) is 10.5. The second-order valence-electron chi connectivity index (χ2n) is 11.7. The van der Waals surface area contributed by atoms with Crippen LogP contribution in [0.5, 0.6) is 5.75 Å². The van der Waals surface area contributed by atoms with E-state index in [2.05, 4.69) is 148 Å². The Kier molecular flexibility index (Phi) is 9.45. The summed E-state index contributed by atoms with van der Waals surface area (Å²) < 4.78 is 5.33. The average molecular weight is 580 g/mol. The van der Waals surface area contributed by atoms with Gasteiger partial charge in [0.15, 0.2) is 0 Å². The molecule has 222 valence electrons. The molecule has 0 N–H and O–H groups in total. The number of hydrogen-bond donors (Lipinski definition) is 0. The number of unbranched alkanes of at least 4 members (excludes halogenated alkanes) is 1. The Balaban J connectivity index is 1.49. The molecule has 0 aliphatic rings. The predicted octanol–water partition coefficient (Wildman–Crippen LogP) is 11.0. The molecule has 1 unspecified atom stereocenters. The van der Waals surface area contributed by atoms with Crippen LogP contribution in [0.3, 0.4) is 0 Å². The lowest BCUT2D eigenvalue weighted by molar-refractivity contribution is -0.128. The van der Waals surface area contributed by atoms with E-state index in [1.54, 1.807) is 0 Å². The number of benzene rings is 5. The first-order valence-corrected chi connectivity index (χ1v) is 15.4. The van der Waals surface area contributed by atoms with E-state index in [0.717, 1.165) is 36.3 Å². The summed E-state index contributed by atoms with van der Waals surface area (Å²) in [6.45, 7) is 12.3. The zero-order valence-electron chi connectivity index (χ0n) is 26.2. The number of ether oxygens (including phenoxy) is 1. The van der Waals surface area contributed by atoms with Gasteiger partial charge >= 0.3 is 5.97 Å². The van der Waals surface area contributed by atoms with Gasteiger partial charge in [0.05, 0.1) is 0 Å². The minimum Gasteiger partial charge on any atom is -0.423 e. The fourth-order valence-corrected chi connectivity index (χ4v) is 5.70. The Morgan fingerprint density at radius 3 is 1.57 bits per heavy atom. The van der Waals surface area contributed by atoms with Crippen LogP contribution in [-0.4, -0.2) is 5.97 Å². The van der Waals surface area contributed by atoms with Gasteiger partial charge in [0.2, 0.25) is 0 Å². The molecule has 5 aromatic carbocycles. The molecular formula is C41H41NO2. The number of carbonyl (C=O) groups excluding carboxylic acids is 1. The SMILES string of the molecule is C=CC(=O)Oc1ccc(C(C)(CCCC)c2ccc(N(c3ccc(C)cc3)c3ccc(-c4ccc(C)cc4)cc3)cc2)cc1. The first-order valence-electron chi connectivity index (χ1n) is 15.4. The molecule has 0 aliphatic carbocycles.